The lowest BCUT2D eigenvalue weighted by molar-refractivity contribution is 0.0982. The molecule has 0 aliphatic carbocycles. The SMILES string of the molecule is CCn1cc(C(=O)Nc2cnc3[nH]c(C(=O)N4CC(CCl)c5c4cc(O)c4cccc(OC)c54)cc3c2)nn1. The molecule has 198 valence electrons. The number of halogens is 1. The van der Waals surface area contributed by atoms with Crippen LogP contribution in [0.25, 0.3) is 21.8 Å². The van der Waals surface area contributed by atoms with E-state index in [1.54, 1.807) is 41.1 Å². The second kappa shape index (κ2) is 9.59. The number of hydrogen-bond acceptors (Lipinski definition) is 7. The number of ether oxygens (including phenoxy) is 1. The number of aromatic hydroxyl groups is 1. The van der Waals surface area contributed by atoms with E-state index in [9.17, 15) is 14.7 Å². The summed E-state index contributed by atoms with van der Waals surface area (Å²) < 4.78 is 7.14. The van der Waals surface area contributed by atoms with Crippen LogP contribution in [0.4, 0.5) is 11.4 Å². The first kappa shape index (κ1) is 24.7. The van der Waals surface area contributed by atoms with Crippen molar-refractivity contribution in [2.45, 2.75) is 19.4 Å². The van der Waals surface area contributed by atoms with Gasteiger partial charge < -0.3 is 25.0 Å². The van der Waals surface area contributed by atoms with Gasteiger partial charge in [-0.25, -0.2) is 4.98 Å². The van der Waals surface area contributed by atoms with Gasteiger partial charge in [-0.05, 0) is 30.7 Å². The minimum Gasteiger partial charge on any atom is -0.507 e. The third-order valence-corrected chi connectivity index (χ3v) is 7.30. The van der Waals surface area contributed by atoms with Crippen molar-refractivity contribution < 1.29 is 19.4 Å². The second-order valence-electron chi connectivity index (χ2n) is 9.24. The Hall–Kier alpha value is -4.64. The number of hydrogen-bond donors (Lipinski definition) is 3. The molecule has 1 aliphatic heterocycles. The van der Waals surface area contributed by atoms with Crippen LogP contribution in [-0.2, 0) is 6.54 Å². The van der Waals surface area contributed by atoms with Crippen LogP contribution >= 0.6 is 11.6 Å². The maximum absolute atomic E-state index is 13.7. The number of aromatic amines is 1. The van der Waals surface area contributed by atoms with E-state index >= 15 is 0 Å². The summed E-state index contributed by atoms with van der Waals surface area (Å²) in [5.41, 5.74) is 2.89. The van der Waals surface area contributed by atoms with Crippen molar-refractivity contribution in [1.29, 1.82) is 0 Å². The number of phenols is 1. The summed E-state index contributed by atoms with van der Waals surface area (Å²) in [7, 11) is 1.57. The zero-order chi connectivity index (χ0) is 27.3. The van der Waals surface area contributed by atoms with Gasteiger partial charge in [0.05, 0.1) is 30.9 Å². The number of fused-ring (bicyclic) bond motifs is 4. The van der Waals surface area contributed by atoms with Gasteiger partial charge in [0, 0.05) is 47.1 Å². The van der Waals surface area contributed by atoms with Crippen LogP contribution in [0, 0.1) is 0 Å². The standard InChI is InChI=1S/C27H24ClN7O4/c1-3-34-13-19(32-33-34)26(37)30-16-7-14-8-18(31-25(14)29-11-16)27(38)35-12-15(10-28)23-20(35)9-21(36)17-5-4-6-22(39-2)24(17)23/h4-9,11,13,15,36H,3,10,12H2,1-2H3,(H,29,31)(H,30,37). The molecule has 0 spiro atoms. The third kappa shape index (κ3) is 4.11. The van der Waals surface area contributed by atoms with Crippen molar-refractivity contribution >= 4 is 56.6 Å². The molecule has 0 fully saturated rings. The molecule has 4 heterocycles. The van der Waals surface area contributed by atoms with E-state index in [2.05, 4.69) is 25.6 Å². The lowest BCUT2D eigenvalue weighted by atomic mass is 9.94. The summed E-state index contributed by atoms with van der Waals surface area (Å²) in [5.74, 6) is 0.0835. The van der Waals surface area contributed by atoms with E-state index < -0.39 is 5.91 Å². The quantitative estimate of drug-likeness (QED) is 0.271. The van der Waals surface area contributed by atoms with E-state index in [0.29, 0.717) is 52.3 Å². The van der Waals surface area contributed by atoms with E-state index in [4.69, 9.17) is 16.3 Å². The van der Waals surface area contributed by atoms with Gasteiger partial charge in [0.15, 0.2) is 5.69 Å². The van der Waals surface area contributed by atoms with Crippen LogP contribution < -0.4 is 15.0 Å². The fraction of sp³-hybridized carbons (Fsp3) is 0.222. The molecule has 1 unspecified atom stereocenters. The number of anilines is 2. The molecule has 6 rings (SSSR count). The number of rotatable bonds is 6. The number of carbonyl (C=O) groups is 2. The zero-order valence-corrected chi connectivity index (χ0v) is 21.9. The number of alkyl halides is 1. The number of aromatic nitrogens is 5. The van der Waals surface area contributed by atoms with Gasteiger partial charge in [0.25, 0.3) is 11.8 Å². The lowest BCUT2D eigenvalue weighted by Gasteiger charge is -2.18. The summed E-state index contributed by atoms with van der Waals surface area (Å²) >= 11 is 6.36. The number of H-pyrrole nitrogens is 1. The van der Waals surface area contributed by atoms with Gasteiger partial charge in [-0.15, -0.1) is 16.7 Å². The minimum absolute atomic E-state index is 0.0494. The van der Waals surface area contributed by atoms with Gasteiger partial charge >= 0.3 is 0 Å². The number of amides is 2. The van der Waals surface area contributed by atoms with Gasteiger partial charge in [0.2, 0.25) is 0 Å². The predicted molar refractivity (Wildman–Crippen MR) is 147 cm³/mol. The largest absolute Gasteiger partial charge is 0.507 e. The van der Waals surface area contributed by atoms with Crippen LogP contribution in [0.15, 0.2) is 48.8 Å². The molecule has 3 aromatic heterocycles. The Balaban J connectivity index is 1.33. The maximum atomic E-state index is 13.7. The molecule has 39 heavy (non-hydrogen) atoms. The molecule has 12 heteroatoms. The monoisotopic (exact) mass is 545 g/mol. The molecule has 1 atom stereocenters. The van der Waals surface area contributed by atoms with Gasteiger partial charge in [0.1, 0.15) is 22.8 Å². The summed E-state index contributed by atoms with van der Waals surface area (Å²) in [6.07, 6.45) is 3.06. The highest BCUT2D eigenvalue weighted by molar-refractivity contribution is 6.19. The molecule has 1 aliphatic rings. The third-order valence-electron chi connectivity index (χ3n) is 6.93. The Morgan fingerprint density at radius 3 is 2.87 bits per heavy atom. The highest BCUT2D eigenvalue weighted by Crippen LogP contribution is 2.48. The predicted octanol–water partition coefficient (Wildman–Crippen LogP) is 4.28. The molecule has 11 nitrogen and oxygen atoms in total. The fourth-order valence-corrected chi connectivity index (χ4v) is 5.32. The Kier molecular flexibility index (Phi) is 6.07. The Morgan fingerprint density at radius 1 is 1.28 bits per heavy atom. The summed E-state index contributed by atoms with van der Waals surface area (Å²) in [6, 6.07) is 10.5. The topological polar surface area (TPSA) is 138 Å². The smallest absolute Gasteiger partial charge is 0.277 e. The van der Waals surface area contributed by atoms with E-state index in [1.807, 2.05) is 25.1 Å². The molecule has 0 saturated carbocycles. The van der Waals surface area contributed by atoms with Crippen molar-refractivity contribution in [2.24, 2.45) is 0 Å². The van der Waals surface area contributed by atoms with Crippen LogP contribution in [0.1, 0.15) is 39.4 Å². The Morgan fingerprint density at radius 2 is 2.13 bits per heavy atom. The molecular formula is C27H24ClN7O4. The van der Waals surface area contributed by atoms with Crippen molar-refractivity contribution in [1.82, 2.24) is 25.0 Å². The molecule has 2 aromatic carbocycles. The normalized spacial score (nSPS) is 14.6. The van der Waals surface area contributed by atoms with Gasteiger partial charge in [-0.1, -0.05) is 17.3 Å². The molecular weight excluding hydrogens is 522 g/mol. The average molecular weight is 546 g/mol. The molecule has 0 radical (unpaired) electrons. The highest BCUT2D eigenvalue weighted by atomic mass is 35.5. The highest BCUT2D eigenvalue weighted by Gasteiger charge is 2.36. The molecule has 0 bridgehead atoms. The first-order valence-electron chi connectivity index (χ1n) is 12.3. The second-order valence-corrected chi connectivity index (χ2v) is 9.55. The van der Waals surface area contributed by atoms with Crippen molar-refractivity contribution in [3.8, 4) is 11.5 Å². The molecule has 0 saturated heterocycles. The van der Waals surface area contributed by atoms with Crippen molar-refractivity contribution in [3.63, 3.8) is 0 Å². The molecule has 3 N–H and O–H groups in total. The average Bonchev–Trinajstić information content (AvgIpc) is 3.69. The number of nitrogens with one attached hydrogen (secondary N) is 2. The Labute approximate surface area is 227 Å². The van der Waals surface area contributed by atoms with E-state index in [0.717, 1.165) is 10.9 Å². The summed E-state index contributed by atoms with van der Waals surface area (Å²) in [5, 5.41) is 23.3. The van der Waals surface area contributed by atoms with Crippen LogP contribution in [0.5, 0.6) is 11.5 Å². The van der Waals surface area contributed by atoms with Crippen LogP contribution in [-0.4, -0.2) is 61.4 Å². The van der Waals surface area contributed by atoms with E-state index in [1.165, 1.54) is 6.20 Å². The lowest BCUT2D eigenvalue weighted by Crippen LogP contribution is -2.30. The molecule has 2 amide bonds. The number of nitrogens with zero attached hydrogens (tertiary/aromatic N) is 5. The molecule has 5 aromatic rings. The maximum Gasteiger partial charge on any atom is 0.277 e. The number of benzene rings is 2. The Bertz CT molecular complexity index is 1760. The number of pyridine rings is 1. The first-order valence-corrected chi connectivity index (χ1v) is 12.9. The summed E-state index contributed by atoms with van der Waals surface area (Å²) in [6.45, 7) is 2.85. The van der Waals surface area contributed by atoms with Crippen LogP contribution in [0.3, 0.4) is 0 Å². The minimum atomic E-state index is -0.411. The number of aryl methyl sites for hydroxylation is 1. The van der Waals surface area contributed by atoms with Crippen molar-refractivity contribution in [3.05, 3.63) is 65.7 Å². The van der Waals surface area contributed by atoms with Gasteiger partial charge in [-0.3, -0.25) is 14.3 Å². The number of phenolic OH excluding ortho intramolecular Hbond substituents is 1. The van der Waals surface area contributed by atoms with Crippen LogP contribution in [0.2, 0.25) is 0 Å². The first-order chi connectivity index (χ1) is 18.9. The zero-order valence-electron chi connectivity index (χ0n) is 21.1. The number of methoxy groups -OCH3 is 1. The van der Waals surface area contributed by atoms with Crippen molar-refractivity contribution in [2.75, 3.05) is 29.8 Å². The summed E-state index contributed by atoms with van der Waals surface area (Å²) in [4.78, 5) is 35.3. The van der Waals surface area contributed by atoms with E-state index in [-0.39, 0.29) is 29.1 Å². The number of carbonyl (C=O) groups excluding carboxylic acids is 2. The fourth-order valence-electron chi connectivity index (χ4n) is 5.07. The van der Waals surface area contributed by atoms with Gasteiger partial charge in [-0.2, -0.15) is 0 Å².